The largest absolute Gasteiger partial charge is 0.377 e. The maximum Gasteiger partial charge on any atom is 0.0578 e. The van der Waals surface area contributed by atoms with Gasteiger partial charge in [-0.05, 0) is 94.9 Å². The first kappa shape index (κ1) is 33.2. The standard InChI is InChI=1S/C38H58N2S/c1-21(2)29-17-31(23(5)6)37(32(18-29)24(7)8)39-27(13)35-15-16-36(41-35)28(14)40-38-33(25(9)10)19-30(22(3)4)20-34(38)26(11)12/h15-28,39-40H,1-14H3. The zero-order valence-electron chi connectivity index (χ0n) is 28.5. The van der Waals surface area contributed by atoms with Crippen molar-refractivity contribution in [2.45, 2.75) is 145 Å². The van der Waals surface area contributed by atoms with E-state index in [4.69, 9.17) is 0 Å². The van der Waals surface area contributed by atoms with Crippen LogP contribution in [0.5, 0.6) is 0 Å². The number of thiophene rings is 1. The van der Waals surface area contributed by atoms with E-state index in [1.807, 2.05) is 11.3 Å². The summed E-state index contributed by atoms with van der Waals surface area (Å²) in [5.41, 5.74) is 11.3. The topological polar surface area (TPSA) is 24.1 Å². The lowest BCUT2D eigenvalue weighted by Crippen LogP contribution is -2.13. The van der Waals surface area contributed by atoms with Crippen LogP contribution < -0.4 is 10.6 Å². The lowest BCUT2D eigenvalue weighted by atomic mass is 9.87. The van der Waals surface area contributed by atoms with Gasteiger partial charge in [0.15, 0.2) is 0 Å². The van der Waals surface area contributed by atoms with Crippen molar-refractivity contribution in [2.75, 3.05) is 10.6 Å². The Morgan fingerprint density at radius 1 is 0.415 bits per heavy atom. The van der Waals surface area contributed by atoms with Gasteiger partial charge in [-0.2, -0.15) is 0 Å². The Morgan fingerprint density at radius 2 is 0.683 bits per heavy atom. The lowest BCUT2D eigenvalue weighted by molar-refractivity contribution is 0.794. The van der Waals surface area contributed by atoms with Gasteiger partial charge in [-0.1, -0.05) is 107 Å². The summed E-state index contributed by atoms with van der Waals surface area (Å²) in [7, 11) is 0. The van der Waals surface area contributed by atoms with Gasteiger partial charge >= 0.3 is 0 Å². The van der Waals surface area contributed by atoms with Gasteiger partial charge < -0.3 is 10.6 Å². The Hall–Kier alpha value is -2.26. The zero-order valence-corrected chi connectivity index (χ0v) is 29.3. The first-order valence-corrected chi connectivity index (χ1v) is 16.9. The molecule has 1 heterocycles. The van der Waals surface area contributed by atoms with Gasteiger partial charge in [0.2, 0.25) is 0 Å². The van der Waals surface area contributed by atoms with E-state index in [9.17, 15) is 0 Å². The molecule has 0 aliphatic rings. The molecule has 2 nitrogen and oxygen atoms in total. The third kappa shape index (κ3) is 7.78. The number of nitrogens with one attached hydrogen (secondary N) is 2. The number of hydrogen-bond donors (Lipinski definition) is 2. The monoisotopic (exact) mass is 574 g/mol. The van der Waals surface area contributed by atoms with Gasteiger partial charge in [0.1, 0.15) is 0 Å². The second-order valence-electron chi connectivity index (χ2n) is 14.0. The van der Waals surface area contributed by atoms with Gasteiger partial charge in [-0.25, -0.2) is 0 Å². The van der Waals surface area contributed by atoms with Crippen LogP contribution in [0.1, 0.15) is 188 Å². The molecule has 0 fully saturated rings. The van der Waals surface area contributed by atoms with Crippen molar-refractivity contribution in [3.8, 4) is 0 Å². The van der Waals surface area contributed by atoms with E-state index >= 15 is 0 Å². The summed E-state index contributed by atoms with van der Waals surface area (Å²) in [4.78, 5) is 2.77. The molecule has 0 amide bonds. The van der Waals surface area contributed by atoms with Crippen molar-refractivity contribution in [1.82, 2.24) is 0 Å². The average molecular weight is 575 g/mol. The Morgan fingerprint density at radius 3 is 0.902 bits per heavy atom. The Kier molecular flexibility index (Phi) is 11.2. The molecule has 0 aliphatic heterocycles. The maximum absolute atomic E-state index is 3.98. The van der Waals surface area contributed by atoms with Crippen LogP contribution in [0.2, 0.25) is 0 Å². The fourth-order valence-electron chi connectivity index (χ4n) is 5.65. The molecule has 3 rings (SSSR count). The van der Waals surface area contributed by atoms with Gasteiger partial charge in [0.05, 0.1) is 12.1 Å². The van der Waals surface area contributed by atoms with E-state index in [-0.39, 0.29) is 12.1 Å². The van der Waals surface area contributed by atoms with Crippen LogP contribution in [0.25, 0.3) is 0 Å². The van der Waals surface area contributed by atoms with Crippen molar-refractivity contribution in [3.05, 3.63) is 79.5 Å². The molecule has 2 unspecified atom stereocenters. The van der Waals surface area contributed by atoms with Crippen LogP contribution in [0.3, 0.4) is 0 Å². The third-order valence-electron chi connectivity index (χ3n) is 8.49. The van der Waals surface area contributed by atoms with Crippen LogP contribution in [-0.4, -0.2) is 0 Å². The fourth-order valence-corrected chi connectivity index (χ4v) is 6.67. The number of rotatable bonds is 12. The molecule has 0 spiro atoms. The van der Waals surface area contributed by atoms with Crippen LogP contribution in [0.4, 0.5) is 11.4 Å². The minimum absolute atomic E-state index is 0.239. The predicted octanol–water partition coefficient (Wildman–Crippen LogP) is 12.8. The number of hydrogen-bond acceptors (Lipinski definition) is 3. The van der Waals surface area contributed by atoms with Crippen LogP contribution in [0.15, 0.2) is 36.4 Å². The van der Waals surface area contributed by atoms with E-state index in [1.165, 1.54) is 54.5 Å². The highest BCUT2D eigenvalue weighted by Gasteiger charge is 2.22. The van der Waals surface area contributed by atoms with Crippen LogP contribution in [0, 0.1) is 0 Å². The smallest absolute Gasteiger partial charge is 0.0578 e. The van der Waals surface area contributed by atoms with E-state index in [0.29, 0.717) is 35.5 Å². The first-order valence-electron chi connectivity index (χ1n) is 16.1. The lowest BCUT2D eigenvalue weighted by Gasteiger charge is -2.26. The molecular formula is C38H58N2S. The molecule has 41 heavy (non-hydrogen) atoms. The summed E-state index contributed by atoms with van der Waals surface area (Å²) in [6.45, 7) is 32.4. The average Bonchev–Trinajstić information content (AvgIpc) is 3.38. The fraction of sp³-hybridized carbons (Fsp3) is 0.579. The molecule has 3 aromatic rings. The molecular weight excluding hydrogens is 516 g/mol. The van der Waals surface area contributed by atoms with E-state index in [2.05, 4.69) is 144 Å². The molecule has 2 N–H and O–H groups in total. The molecule has 3 heteroatoms. The zero-order chi connectivity index (χ0) is 30.8. The molecule has 2 aromatic carbocycles. The van der Waals surface area contributed by atoms with E-state index in [0.717, 1.165) is 0 Å². The van der Waals surface area contributed by atoms with Crippen molar-refractivity contribution in [2.24, 2.45) is 0 Å². The molecule has 0 radical (unpaired) electrons. The summed E-state index contributed by atoms with van der Waals surface area (Å²) < 4.78 is 0. The van der Waals surface area contributed by atoms with Gasteiger partial charge in [0, 0.05) is 21.1 Å². The maximum atomic E-state index is 3.98. The van der Waals surface area contributed by atoms with Crippen LogP contribution in [-0.2, 0) is 0 Å². The van der Waals surface area contributed by atoms with Crippen LogP contribution >= 0.6 is 11.3 Å². The molecule has 0 saturated carbocycles. The van der Waals surface area contributed by atoms with Crippen molar-refractivity contribution in [3.63, 3.8) is 0 Å². The van der Waals surface area contributed by atoms with Gasteiger partial charge in [-0.15, -0.1) is 11.3 Å². The second kappa shape index (κ2) is 13.8. The van der Waals surface area contributed by atoms with Gasteiger partial charge in [-0.3, -0.25) is 0 Å². The highest BCUT2D eigenvalue weighted by Crippen LogP contribution is 2.41. The van der Waals surface area contributed by atoms with E-state index in [1.54, 1.807) is 0 Å². The summed E-state index contributed by atoms with van der Waals surface area (Å²) in [5, 5.41) is 7.96. The summed E-state index contributed by atoms with van der Waals surface area (Å²) >= 11 is 1.94. The number of benzene rings is 2. The second-order valence-corrected chi connectivity index (χ2v) is 15.2. The molecule has 226 valence electrons. The molecule has 0 bridgehead atoms. The molecule has 1 aromatic heterocycles. The van der Waals surface area contributed by atoms with Crippen molar-refractivity contribution < 1.29 is 0 Å². The van der Waals surface area contributed by atoms with Gasteiger partial charge in [0.25, 0.3) is 0 Å². The highest BCUT2D eigenvalue weighted by atomic mass is 32.1. The Balaban J connectivity index is 1.93. The summed E-state index contributed by atoms with van der Waals surface area (Å²) in [6, 6.07) is 14.9. The minimum Gasteiger partial charge on any atom is -0.377 e. The summed E-state index contributed by atoms with van der Waals surface area (Å²) in [5.74, 6) is 2.93. The van der Waals surface area contributed by atoms with Crippen molar-refractivity contribution in [1.29, 1.82) is 0 Å². The SMILES string of the molecule is CC(C)c1cc(C(C)C)c(NC(C)c2ccc(C(C)Nc3c(C(C)C)cc(C(C)C)cc3C(C)C)s2)c(C(C)C)c1. The Labute approximate surface area is 256 Å². The number of anilines is 2. The van der Waals surface area contributed by atoms with Crippen molar-refractivity contribution >= 4 is 22.7 Å². The first-order chi connectivity index (χ1) is 19.1. The predicted molar refractivity (Wildman–Crippen MR) is 186 cm³/mol. The van der Waals surface area contributed by atoms with E-state index < -0.39 is 0 Å². The third-order valence-corrected chi connectivity index (χ3v) is 9.94. The molecule has 0 aliphatic carbocycles. The Bertz CT molecular complexity index is 1140. The molecule has 2 atom stereocenters. The normalized spacial score (nSPS) is 13.8. The quantitative estimate of drug-likeness (QED) is 0.225. The minimum atomic E-state index is 0.239. The summed E-state index contributed by atoms with van der Waals surface area (Å²) in [6.07, 6.45) is 0. The highest BCUT2D eigenvalue weighted by molar-refractivity contribution is 7.12. The molecule has 0 saturated heterocycles.